The number of halogens is 1. The van der Waals surface area contributed by atoms with Gasteiger partial charge in [0.25, 0.3) is 5.89 Å². The minimum absolute atomic E-state index is 0.131. The number of allylic oxidation sites excluding steroid dienone is 1. The lowest BCUT2D eigenvalue weighted by atomic mass is 9.69. The van der Waals surface area contributed by atoms with Crippen LogP contribution in [-0.2, 0) is 6.42 Å². The first-order valence-corrected chi connectivity index (χ1v) is 11.6. The molecule has 2 aromatic rings. The summed E-state index contributed by atoms with van der Waals surface area (Å²) in [5.41, 5.74) is 1.73. The summed E-state index contributed by atoms with van der Waals surface area (Å²) in [4.78, 5) is 2.51. The number of aliphatic hydroxyl groups excluding tert-OH is 1. The van der Waals surface area contributed by atoms with Gasteiger partial charge in [-0.15, -0.1) is 10.2 Å². The lowest BCUT2D eigenvalue weighted by molar-refractivity contribution is 0.0670. The Bertz CT molecular complexity index is 902. The molecule has 6 heteroatoms. The zero-order chi connectivity index (χ0) is 22.0. The zero-order valence-electron chi connectivity index (χ0n) is 18.8. The van der Waals surface area contributed by atoms with Crippen LogP contribution < -0.4 is 0 Å². The van der Waals surface area contributed by atoms with Crippen molar-refractivity contribution in [2.45, 2.75) is 52.6 Å². The average molecular weight is 428 g/mol. The van der Waals surface area contributed by atoms with E-state index in [1.807, 2.05) is 0 Å². The Morgan fingerprint density at radius 3 is 2.65 bits per heavy atom. The van der Waals surface area contributed by atoms with Crippen LogP contribution in [0, 0.1) is 29.5 Å². The number of rotatable bonds is 6. The standard InChI is InChI=1S/C25H34FN3O2/c1-16(2)22-13-18(17(3)12-19(22)15-29-10-8-20(30)9-11-29)14-24-27-28-25(31-24)21-6-4-5-7-23(21)26/h4-7,12,16,18-20,22,30H,8-11,13-15H2,1-3H3/t18-,19-,22-/m0/s1. The summed E-state index contributed by atoms with van der Waals surface area (Å²) >= 11 is 0. The van der Waals surface area contributed by atoms with Crippen LogP contribution in [0.4, 0.5) is 4.39 Å². The van der Waals surface area contributed by atoms with Crippen molar-refractivity contribution in [2.24, 2.45) is 23.7 Å². The number of nitrogens with zero attached hydrogens (tertiary/aromatic N) is 3. The van der Waals surface area contributed by atoms with E-state index < -0.39 is 0 Å². The molecule has 0 saturated carbocycles. The molecule has 1 N–H and O–H groups in total. The first-order valence-electron chi connectivity index (χ1n) is 11.6. The number of piperidine rings is 1. The van der Waals surface area contributed by atoms with Crippen LogP contribution in [0.2, 0.25) is 0 Å². The molecule has 0 bridgehead atoms. The van der Waals surface area contributed by atoms with Crippen molar-refractivity contribution < 1.29 is 13.9 Å². The summed E-state index contributed by atoms with van der Waals surface area (Å²) in [6, 6.07) is 6.49. The fourth-order valence-electron chi connectivity index (χ4n) is 5.18. The maximum atomic E-state index is 14.0. The SMILES string of the molecule is CC1=C[C@@H](CN2CCC(O)CC2)[C@H](C(C)C)C[C@H]1Cc1nnc(-c2ccccc2F)o1. The topological polar surface area (TPSA) is 62.4 Å². The normalized spacial score (nSPS) is 25.7. The van der Waals surface area contributed by atoms with Crippen molar-refractivity contribution in [2.75, 3.05) is 19.6 Å². The number of hydrogen-bond donors (Lipinski definition) is 1. The molecule has 1 fully saturated rings. The second-order valence-corrected chi connectivity index (χ2v) is 9.63. The largest absolute Gasteiger partial charge is 0.421 e. The van der Waals surface area contributed by atoms with Gasteiger partial charge in [-0.05, 0) is 62.0 Å². The summed E-state index contributed by atoms with van der Waals surface area (Å²) in [6.07, 6.45) is 5.87. The Morgan fingerprint density at radius 2 is 1.94 bits per heavy atom. The van der Waals surface area contributed by atoms with Gasteiger partial charge in [-0.2, -0.15) is 0 Å². The highest BCUT2D eigenvalue weighted by Gasteiger charge is 2.34. The highest BCUT2D eigenvalue weighted by atomic mass is 19.1. The molecule has 5 nitrogen and oxygen atoms in total. The Kier molecular flexibility index (Phi) is 6.87. The smallest absolute Gasteiger partial charge is 0.250 e. The number of likely N-dealkylation sites (tertiary alicyclic amines) is 1. The van der Waals surface area contributed by atoms with Crippen molar-refractivity contribution >= 4 is 0 Å². The molecule has 3 atom stereocenters. The molecule has 0 unspecified atom stereocenters. The maximum absolute atomic E-state index is 14.0. The zero-order valence-corrected chi connectivity index (χ0v) is 18.8. The summed E-state index contributed by atoms with van der Waals surface area (Å²) in [5.74, 6) is 2.54. The number of benzene rings is 1. The highest BCUT2D eigenvalue weighted by Crippen LogP contribution is 2.39. The van der Waals surface area contributed by atoms with Crippen LogP contribution in [0.5, 0.6) is 0 Å². The van der Waals surface area contributed by atoms with E-state index in [0.717, 1.165) is 38.9 Å². The summed E-state index contributed by atoms with van der Waals surface area (Å²) < 4.78 is 19.9. The maximum Gasteiger partial charge on any atom is 0.250 e. The van der Waals surface area contributed by atoms with E-state index >= 15 is 0 Å². The van der Waals surface area contributed by atoms with Gasteiger partial charge in [0.2, 0.25) is 5.89 Å². The van der Waals surface area contributed by atoms with E-state index in [1.165, 1.54) is 11.6 Å². The van der Waals surface area contributed by atoms with Gasteiger partial charge in [-0.1, -0.05) is 37.6 Å². The van der Waals surface area contributed by atoms with Gasteiger partial charge in [0.05, 0.1) is 11.7 Å². The van der Waals surface area contributed by atoms with Gasteiger partial charge in [0.1, 0.15) is 5.82 Å². The molecular formula is C25H34FN3O2. The summed E-state index contributed by atoms with van der Waals surface area (Å²) in [6.45, 7) is 9.87. The minimum Gasteiger partial charge on any atom is -0.421 e. The molecule has 1 aliphatic heterocycles. The van der Waals surface area contributed by atoms with Crippen LogP contribution in [0.3, 0.4) is 0 Å². The third kappa shape index (κ3) is 5.24. The van der Waals surface area contributed by atoms with Gasteiger partial charge in [-0.3, -0.25) is 0 Å². The van der Waals surface area contributed by atoms with Crippen molar-refractivity contribution in [3.63, 3.8) is 0 Å². The number of hydrogen-bond acceptors (Lipinski definition) is 5. The molecular weight excluding hydrogens is 393 g/mol. The van der Waals surface area contributed by atoms with Crippen molar-refractivity contribution in [3.05, 3.63) is 47.6 Å². The van der Waals surface area contributed by atoms with E-state index in [0.29, 0.717) is 41.5 Å². The first kappa shape index (κ1) is 22.2. The molecule has 4 rings (SSSR count). The van der Waals surface area contributed by atoms with E-state index in [1.54, 1.807) is 18.2 Å². The summed E-state index contributed by atoms with van der Waals surface area (Å²) in [5, 5.41) is 18.1. The van der Waals surface area contributed by atoms with E-state index in [2.05, 4.69) is 41.9 Å². The Morgan fingerprint density at radius 1 is 1.19 bits per heavy atom. The van der Waals surface area contributed by atoms with Gasteiger partial charge < -0.3 is 14.4 Å². The third-order valence-electron chi connectivity index (χ3n) is 7.10. The molecule has 0 spiro atoms. The number of aromatic nitrogens is 2. The lowest BCUT2D eigenvalue weighted by Crippen LogP contribution is -2.42. The van der Waals surface area contributed by atoms with E-state index in [9.17, 15) is 9.50 Å². The quantitative estimate of drug-likeness (QED) is 0.676. The molecule has 1 aliphatic carbocycles. The monoisotopic (exact) mass is 427 g/mol. The fraction of sp³-hybridized carbons (Fsp3) is 0.600. The average Bonchev–Trinajstić information content (AvgIpc) is 3.20. The second-order valence-electron chi connectivity index (χ2n) is 9.63. The molecule has 0 radical (unpaired) electrons. The Hall–Kier alpha value is -2.05. The molecule has 1 saturated heterocycles. The predicted octanol–water partition coefficient (Wildman–Crippen LogP) is 4.73. The highest BCUT2D eigenvalue weighted by molar-refractivity contribution is 5.53. The molecule has 168 valence electrons. The lowest BCUT2D eigenvalue weighted by Gasteiger charge is -2.40. The number of aliphatic hydroxyl groups is 1. The van der Waals surface area contributed by atoms with Gasteiger partial charge in [0.15, 0.2) is 0 Å². The van der Waals surface area contributed by atoms with Crippen molar-refractivity contribution in [1.29, 1.82) is 0 Å². The van der Waals surface area contributed by atoms with Crippen LogP contribution in [-0.4, -0.2) is 45.9 Å². The summed E-state index contributed by atoms with van der Waals surface area (Å²) in [7, 11) is 0. The van der Waals surface area contributed by atoms with Gasteiger partial charge in [-0.25, -0.2) is 4.39 Å². The molecule has 2 aliphatic rings. The molecule has 2 heterocycles. The minimum atomic E-state index is -0.348. The van der Waals surface area contributed by atoms with Crippen LogP contribution >= 0.6 is 0 Å². The van der Waals surface area contributed by atoms with Crippen molar-refractivity contribution in [1.82, 2.24) is 15.1 Å². The van der Waals surface area contributed by atoms with Gasteiger partial charge >= 0.3 is 0 Å². The van der Waals surface area contributed by atoms with Crippen LogP contribution in [0.1, 0.15) is 45.9 Å². The molecule has 31 heavy (non-hydrogen) atoms. The van der Waals surface area contributed by atoms with Crippen LogP contribution in [0.25, 0.3) is 11.5 Å². The fourth-order valence-corrected chi connectivity index (χ4v) is 5.18. The predicted molar refractivity (Wildman–Crippen MR) is 119 cm³/mol. The van der Waals surface area contributed by atoms with Gasteiger partial charge in [0, 0.05) is 26.1 Å². The van der Waals surface area contributed by atoms with E-state index in [-0.39, 0.29) is 17.8 Å². The second kappa shape index (κ2) is 9.61. The molecule has 0 amide bonds. The Labute approximate surface area is 184 Å². The van der Waals surface area contributed by atoms with Crippen LogP contribution in [0.15, 0.2) is 40.3 Å². The third-order valence-corrected chi connectivity index (χ3v) is 7.10. The first-order chi connectivity index (χ1) is 14.9. The van der Waals surface area contributed by atoms with Crippen molar-refractivity contribution in [3.8, 4) is 11.5 Å². The Balaban J connectivity index is 1.45. The molecule has 1 aromatic carbocycles. The molecule has 1 aromatic heterocycles. The van der Waals surface area contributed by atoms with E-state index in [4.69, 9.17) is 4.42 Å².